The van der Waals surface area contributed by atoms with Gasteiger partial charge in [-0.05, 0) is 30.3 Å². The van der Waals surface area contributed by atoms with Gasteiger partial charge in [0.05, 0.1) is 21.0 Å². The SMILES string of the molecule is C=CS(=O)(=O)c1cc(N=NC(N=Nc2ccc(S(=O)(=O)O)cc2C(=O)O)c2ccccc2)c(O)c(S(=O)(=O)O)c1. The van der Waals surface area contributed by atoms with E-state index in [9.17, 15) is 49.4 Å². The molecule has 0 spiro atoms. The van der Waals surface area contributed by atoms with Crippen molar-refractivity contribution >= 4 is 47.4 Å². The molecule has 1 atom stereocenters. The number of phenolic OH excluding ortho intramolecular Hbond substituents is 1. The van der Waals surface area contributed by atoms with Crippen molar-refractivity contribution in [1.29, 1.82) is 0 Å². The Hall–Kier alpha value is -4.36. The molecular formula is C22H18N4O11S3. The first-order valence-electron chi connectivity index (χ1n) is 10.5. The molecule has 0 aliphatic heterocycles. The van der Waals surface area contributed by atoms with Crippen molar-refractivity contribution in [2.24, 2.45) is 20.5 Å². The Kier molecular flexibility index (Phi) is 8.60. The van der Waals surface area contributed by atoms with Crippen LogP contribution in [-0.4, -0.2) is 50.5 Å². The van der Waals surface area contributed by atoms with Gasteiger partial charge >= 0.3 is 5.97 Å². The van der Waals surface area contributed by atoms with Gasteiger partial charge in [0.15, 0.2) is 15.6 Å². The van der Waals surface area contributed by atoms with Crippen LogP contribution in [0, 0.1) is 0 Å². The zero-order chi connectivity index (χ0) is 29.9. The molecule has 3 aromatic rings. The topological polar surface area (TPSA) is 250 Å². The minimum absolute atomic E-state index is 0.297. The van der Waals surface area contributed by atoms with E-state index in [1.807, 2.05) is 0 Å². The monoisotopic (exact) mass is 610 g/mol. The lowest BCUT2D eigenvalue weighted by atomic mass is 10.2. The fraction of sp³-hybridized carbons (Fsp3) is 0.0455. The molecule has 1 unspecified atom stereocenters. The molecule has 210 valence electrons. The second-order valence-corrected chi connectivity index (χ2v) is 12.4. The van der Waals surface area contributed by atoms with Gasteiger partial charge < -0.3 is 10.2 Å². The van der Waals surface area contributed by atoms with Crippen LogP contribution in [0.3, 0.4) is 0 Å². The molecule has 3 aromatic carbocycles. The van der Waals surface area contributed by atoms with Crippen molar-refractivity contribution < 1.29 is 49.4 Å². The first-order valence-corrected chi connectivity index (χ1v) is 14.9. The van der Waals surface area contributed by atoms with E-state index < -0.39 is 73.9 Å². The Balaban J connectivity index is 2.17. The van der Waals surface area contributed by atoms with Crippen LogP contribution in [0.5, 0.6) is 5.75 Å². The number of phenols is 1. The molecule has 0 saturated carbocycles. The predicted octanol–water partition coefficient (Wildman–Crippen LogP) is 4.07. The maximum absolute atomic E-state index is 12.3. The molecule has 0 heterocycles. The summed E-state index contributed by atoms with van der Waals surface area (Å²) in [5.41, 5.74) is -1.38. The van der Waals surface area contributed by atoms with Crippen molar-refractivity contribution in [1.82, 2.24) is 0 Å². The summed E-state index contributed by atoms with van der Waals surface area (Å²) in [5.74, 6) is -2.73. The molecule has 0 bridgehead atoms. The Morgan fingerprint density at radius 1 is 0.800 bits per heavy atom. The van der Waals surface area contributed by atoms with E-state index in [0.29, 0.717) is 23.1 Å². The third-order valence-electron chi connectivity index (χ3n) is 5.00. The third kappa shape index (κ3) is 6.98. The lowest BCUT2D eigenvalue weighted by Gasteiger charge is -2.09. The van der Waals surface area contributed by atoms with Crippen LogP contribution in [-0.2, 0) is 30.1 Å². The molecule has 0 aromatic heterocycles. The third-order valence-corrected chi connectivity index (χ3v) is 8.05. The minimum Gasteiger partial charge on any atom is -0.504 e. The van der Waals surface area contributed by atoms with Crippen molar-refractivity contribution in [2.45, 2.75) is 20.9 Å². The largest absolute Gasteiger partial charge is 0.504 e. The average molecular weight is 611 g/mol. The van der Waals surface area contributed by atoms with E-state index in [1.54, 1.807) is 18.2 Å². The Bertz CT molecular complexity index is 1870. The van der Waals surface area contributed by atoms with Crippen LogP contribution in [0.2, 0.25) is 0 Å². The highest BCUT2D eigenvalue weighted by molar-refractivity contribution is 7.94. The number of hydrogen-bond acceptors (Lipinski definition) is 12. The molecule has 0 aliphatic rings. The van der Waals surface area contributed by atoms with E-state index in [2.05, 4.69) is 27.0 Å². The number of carboxylic acid groups (broad SMARTS) is 1. The highest BCUT2D eigenvalue weighted by Gasteiger charge is 2.24. The van der Waals surface area contributed by atoms with Crippen LogP contribution in [0.1, 0.15) is 22.1 Å². The highest BCUT2D eigenvalue weighted by Crippen LogP contribution is 2.38. The second-order valence-electron chi connectivity index (χ2n) is 7.65. The molecule has 0 amide bonds. The first kappa shape index (κ1) is 30.2. The predicted molar refractivity (Wildman–Crippen MR) is 137 cm³/mol. The number of azo groups is 2. The summed E-state index contributed by atoms with van der Waals surface area (Å²) < 4.78 is 89.4. The molecule has 4 N–H and O–H groups in total. The number of benzene rings is 3. The normalized spacial score (nSPS) is 13.4. The molecule has 15 nitrogen and oxygen atoms in total. The zero-order valence-electron chi connectivity index (χ0n) is 19.8. The van der Waals surface area contributed by atoms with Gasteiger partial charge in [-0.25, -0.2) is 13.2 Å². The Labute approximate surface area is 227 Å². The number of aromatic carboxylic acids is 1. The summed E-state index contributed by atoms with van der Waals surface area (Å²) in [7, 11) is -14.1. The first-order chi connectivity index (χ1) is 18.5. The van der Waals surface area contributed by atoms with Gasteiger partial charge in [-0.1, -0.05) is 36.9 Å². The van der Waals surface area contributed by atoms with Crippen molar-refractivity contribution in [3.8, 4) is 5.75 Å². The molecule has 18 heteroatoms. The standard InChI is InChI=1S/C22H18N4O11S3/c1-2-38(30,31)15-11-18(20(27)19(12-15)40(35,36)37)24-26-21(13-6-4-3-5-7-13)25-23-17-9-8-14(39(32,33)34)10-16(17)22(28)29/h2-12,21,27H,1H2,(H,28,29)(H,32,33,34)(H,35,36,37). The van der Waals surface area contributed by atoms with Crippen LogP contribution >= 0.6 is 0 Å². The zero-order valence-corrected chi connectivity index (χ0v) is 22.2. The summed E-state index contributed by atoms with van der Waals surface area (Å²) in [6, 6.07) is 11.6. The summed E-state index contributed by atoms with van der Waals surface area (Å²) in [6.07, 6.45) is -1.39. The van der Waals surface area contributed by atoms with Gasteiger partial charge in [-0.2, -0.15) is 32.2 Å². The molecular weight excluding hydrogens is 592 g/mol. The van der Waals surface area contributed by atoms with Crippen molar-refractivity contribution in [3.05, 3.63) is 83.8 Å². The average Bonchev–Trinajstić information content (AvgIpc) is 2.88. The summed E-state index contributed by atoms with van der Waals surface area (Å²) in [6.45, 7) is 3.13. The van der Waals surface area contributed by atoms with Crippen LogP contribution in [0.4, 0.5) is 11.4 Å². The molecule has 0 radical (unpaired) electrons. The quantitative estimate of drug-likeness (QED) is 0.188. The van der Waals surface area contributed by atoms with E-state index >= 15 is 0 Å². The maximum atomic E-state index is 12.3. The Morgan fingerprint density at radius 3 is 1.93 bits per heavy atom. The summed E-state index contributed by atoms with van der Waals surface area (Å²) in [5, 5.41) is 35.6. The number of nitrogens with zero attached hydrogens (tertiary/aromatic N) is 4. The van der Waals surface area contributed by atoms with Gasteiger partial charge in [0.1, 0.15) is 10.6 Å². The Morgan fingerprint density at radius 2 is 1.40 bits per heavy atom. The smallest absolute Gasteiger partial charge is 0.338 e. The lowest BCUT2D eigenvalue weighted by Crippen LogP contribution is -2.03. The van der Waals surface area contributed by atoms with Crippen LogP contribution in [0.15, 0.2) is 108 Å². The van der Waals surface area contributed by atoms with Crippen LogP contribution in [0.25, 0.3) is 0 Å². The van der Waals surface area contributed by atoms with E-state index in [1.165, 1.54) is 12.1 Å². The number of hydrogen-bond donors (Lipinski definition) is 4. The van der Waals surface area contributed by atoms with Gasteiger partial charge in [0.25, 0.3) is 20.2 Å². The lowest BCUT2D eigenvalue weighted by molar-refractivity contribution is 0.0697. The number of carbonyl (C=O) groups is 1. The number of rotatable bonds is 10. The molecule has 40 heavy (non-hydrogen) atoms. The molecule has 3 rings (SSSR count). The second kappa shape index (κ2) is 11.4. The van der Waals surface area contributed by atoms with E-state index in [4.69, 9.17) is 0 Å². The maximum Gasteiger partial charge on any atom is 0.338 e. The van der Waals surface area contributed by atoms with Crippen molar-refractivity contribution in [2.75, 3.05) is 0 Å². The van der Waals surface area contributed by atoms with Gasteiger partial charge in [0, 0.05) is 11.0 Å². The molecule has 0 saturated heterocycles. The summed E-state index contributed by atoms with van der Waals surface area (Å²) >= 11 is 0. The number of sulfone groups is 1. The highest BCUT2D eigenvalue weighted by atomic mass is 32.2. The van der Waals surface area contributed by atoms with Gasteiger partial charge in [0.2, 0.25) is 6.17 Å². The fourth-order valence-electron chi connectivity index (χ4n) is 3.05. The van der Waals surface area contributed by atoms with Gasteiger partial charge in [-0.3, -0.25) is 9.11 Å². The summed E-state index contributed by atoms with van der Waals surface area (Å²) in [4.78, 5) is 9.07. The fourth-order valence-corrected chi connectivity index (χ4v) is 5.01. The minimum atomic E-state index is -5.12. The van der Waals surface area contributed by atoms with Crippen molar-refractivity contribution in [3.63, 3.8) is 0 Å². The number of carboxylic acids is 1. The molecule has 0 fully saturated rings. The molecule has 0 aliphatic carbocycles. The van der Waals surface area contributed by atoms with Crippen LogP contribution < -0.4 is 0 Å². The number of aromatic hydroxyl groups is 1. The van der Waals surface area contributed by atoms with E-state index in [-0.39, 0.29) is 5.69 Å². The van der Waals surface area contributed by atoms with E-state index in [0.717, 1.165) is 18.2 Å². The van der Waals surface area contributed by atoms with Gasteiger partial charge in [-0.15, -0.1) is 5.11 Å².